The number of carbonyl (C=O) groups is 1. The molecule has 1 aliphatic carbocycles. The molecule has 4 rings (SSSR count). The van der Waals surface area contributed by atoms with E-state index in [1.165, 1.54) is 36.8 Å². The van der Waals surface area contributed by atoms with Gasteiger partial charge in [0.15, 0.2) is 0 Å². The molecular weight excluding hydrogens is 374 g/mol. The zero-order valence-electron chi connectivity index (χ0n) is 18.4. The van der Waals surface area contributed by atoms with Crippen LogP contribution in [0.25, 0.3) is 0 Å². The number of likely N-dealkylation sites (tertiary alicyclic amines) is 1. The molecule has 0 N–H and O–H groups in total. The highest BCUT2D eigenvalue weighted by Crippen LogP contribution is 2.29. The van der Waals surface area contributed by atoms with Crippen molar-refractivity contribution in [3.63, 3.8) is 0 Å². The maximum absolute atomic E-state index is 13.0. The lowest BCUT2D eigenvalue weighted by Crippen LogP contribution is -2.45. The highest BCUT2D eigenvalue weighted by Gasteiger charge is 2.31. The van der Waals surface area contributed by atoms with E-state index in [4.69, 9.17) is 4.42 Å². The lowest BCUT2D eigenvalue weighted by Gasteiger charge is -2.38. The Morgan fingerprint density at radius 1 is 1.07 bits per heavy atom. The van der Waals surface area contributed by atoms with Crippen LogP contribution in [0.5, 0.6) is 0 Å². The van der Waals surface area contributed by atoms with E-state index in [1.807, 2.05) is 0 Å². The average Bonchev–Trinajstić information content (AvgIpc) is 3.42. The van der Waals surface area contributed by atoms with Crippen molar-refractivity contribution < 1.29 is 9.21 Å². The molecule has 2 aromatic rings. The summed E-state index contributed by atoms with van der Waals surface area (Å²) in [4.78, 5) is 19.9. The molecule has 1 aliphatic heterocycles. The Bertz CT molecular complexity index is 785. The molecule has 1 saturated heterocycles. The van der Waals surface area contributed by atoms with Crippen molar-refractivity contribution >= 4 is 5.91 Å². The minimum Gasteiger partial charge on any atom is -0.472 e. The van der Waals surface area contributed by atoms with E-state index < -0.39 is 0 Å². The second-order valence-corrected chi connectivity index (χ2v) is 9.23. The van der Waals surface area contributed by atoms with Gasteiger partial charge in [-0.2, -0.15) is 0 Å². The van der Waals surface area contributed by atoms with Gasteiger partial charge in [-0.1, -0.05) is 24.3 Å². The van der Waals surface area contributed by atoms with Crippen LogP contribution in [0.4, 0.5) is 0 Å². The predicted molar refractivity (Wildman–Crippen MR) is 120 cm³/mol. The summed E-state index contributed by atoms with van der Waals surface area (Å²) >= 11 is 0. The van der Waals surface area contributed by atoms with Crippen molar-refractivity contribution in [2.24, 2.45) is 5.92 Å². The average molecular weight is 410 g/mol. The fourth-order valence-electron chi connectivity index (χ4n) is 5.03. The molecule has 0 unspecified atom stereocenters. The van der Waals surface area contributed by atoms with Crippen molar-refractivity contribution in [2.75, 3.05) is 46.8 Å². The van der Waals surface area contributed by atoms with Gasteiger partial charge in [-0.25, -0.2) is 0 Å². The van der Waals surface area contributed by atoms with Gasteiger partial charge in [0, 0.05) is 19.1 Å². The topological polar surface area (TPSA) is 39.9 Å². The van der Waals surface area contributed by atoms with Gasteiger partial charge < -0.3 is 14.2 Å². The number of hydrogen-bond acceptors (Lipinski definition) is 4. The van der Waals surface area contributed by atoms with Gasteiger partial charge in [0.2, 0.25) is 0 Å². The minimum atomic E-state index is 0.108. The smallest absolute Gasteiger partial charge is 0.257 e. The monoisotopic (exact) mass is 409 g/mol. The van der Waals surface area contributed by atoms with E-state index in [0.29, 0.717) is 17.5 Å². The second-order valence-electron chi connectivity index (χ2n) is 9.23. The molecule has 30 heavy (non-hydrogen) atoms. The highest BCUT2D eigenvalue weighted by atomic mass is 16.3. The lowest BCUT2D eigenvalue weighted by molar-refractivity contribution is 0.0660. The summed E-state index contributed by atoms with van der Waals surface area (Å²) in [6, 6.07) is 11.3. The second kappa shape index (κ2) is 9.80. The van der Waals surface area contributed by atoms with Crippen LogP contribution in [0, 0.1) is 5.92 Å². The summed E-state index contributed by atoms with van der Waals surface area (Å²) in [5, 5.41) is 0. The van der Waals surface area contributed by atoms with Gasteiger partial charge in [-0.15, -0.1) is 0 Å². The summed E-state index contributed by atoms with van der Waals surface area (Å²) in [5.74, 6) is 0.691. The molecule has 0 spiro atoms. The fourth-order valence-corrected chi connectivity index (χ4v) is 5.03. The first-order chi connectivity index (χ1) is 14.6. The van der Waals surface area contributed by atoms with Crippen LogP contribution >= 0.6 is 0 Å². The van der Waals surface area contributed by atoms with Gasteiger partial charge in [0.1, 0.15) is 6.26 Å². The van der Waals surface area contributed by atoms with Crippen molar-refractivity contribution in [1.82, 2.24) is 14.7 Å². The van der Waals surface area contributed by atoms with Crippen LogP contribution in [-0.2, 0) is 12.8 Å². The van der Waals surface area contributed by atoms with Gasteiger partial charge in [0.25, 0.3) is 5.91 Å². The van der Waals surface area contributed by atoms with Crippen LogP contribution < -0.4 is 0 Å². The number of hydrogen-bond donors (Lipinski definition) is 0. The predicted octanol–water partition coefficient (Wildman–Crippen LogP) is 3.55. The molecule has 0 saturated carbocycles. The zero-order valence-corrected chi connectivity index (χ0v) is 18.4. The number of amides is 1. The van der Waals surface area contributed by atoms with Gasteiger partial charge in [-0.3, -0.25) is 9.69 Å². The maximum atomic E-state index is 13.0. The number of carbonyl (C=O) groups excluding carboxylic acids is 1. The first-order valence-electron chi connectivity index (χ1n) is 11.4. The fraction of sp³-hybridized carbons (Fsp3) is 0.560. The normalized spacial score (nSPS) is 18.1. The van der Waals surface area contributed by atoms with E-state index >= 15 is 0 Å². The van der Waals surface area contributed by atoms with E-state index in [0.717, 1.165) is 39.1 Å². The van der Waals surface area contributed by atoms with E-state index in [1.54, 1.807) is 18.6 Å². The van der Waals surface area contributed by atoms with E-state index in [9.17, 15) is 4.79 Å². The molecule has 2 aliphatic rings. The summed E-state index contributed by atoms with van der Waals surface area (Å²) in [6.45, 7) is 4.95. The van der Waals surface area contributed by atoms with Crippen molar-refractivity contribution in [2.45, 2.75) is 38.1 Å². The van der Waals surface area contributed by atoms with Crippen LogP contribution in [0.3, 0.4) is 0 Å². The molecule has 5 nitrogen and oxygen atoms in total. The van der Waals surface area contributed by atoms with Crippen molar-refractivity contribution in [3.8, 4) is 0 Å². The molecule has 2 heterocycles. The summed E-state index contributed by atoms with van der Waals surface area (Å²) in [6.07, 6.45) is 8.89. The SMILES string of the molecule is CN(C)CCCN(CC1CCN(C2Cc3ccccc3C2)CC1)C(=O)c1ccoc1. The lowest BCUT2D eigenvalue weighted by atomic mass is 9.94. The number of piperidine rings is 1. The Balaban J connectivity index is 1.30. The number of benzene rings is 1. The van der Waals surface area contributed by atoms with Gasteiger partial charge in [-0.05, 0) is 88.9 Å². The Hall–Kier alpha value is -2.11. The highest BCUT2D eigenvalue weighted by molar-refractivity contribution is 5.93. The molecule has 5 heteroatoms. The Morgan fingerprint density at radius 3 is 2.37 bits per heavy atom. The van der Waals surface area contributed by atoms with Crippen LogP contribution in [-0.4, -0.2) is 73.5 Å². The molecule has 1 amide bonds. The van der Waals surface area contributed by atoms with Crippen molar-refractivity contribution in [1.29, 1.82) is 0 Å². The Labute approximate surface area is 180 Å². The summed E-state index contributed by atoms with van der Waals surface area (Å²) in [5.41, 5.74) is 3.73. The Morgan fingerprint density at radius 2 is 1.77 bits per heavy atom. The molecule has 0 radical (unpaired) electrons. The third-order valence-corrected chi connectivity index (χ3v) is 6.76. The molecule has 162 valence electrons. The Kier molecular flexibility index (Phi) is 6.90. The number of furan rings is 1. The van der Waals surface area contributed by atoms with Crippen LogP contribution in [0.2, 0.25) is 0 Å². The molecule has 0 atom stereocenters. The molecular formula is C25H35N3O2. The number of fused-ring (bicyclic) bond motifs is 1. The van der Waals surface area contributed by atoms with Crippen LogP contribution in [0.1, 0.15) is 40.7 Å². The van der Waals surface area contributed by atoms with Crippen molar-refractivity contribution in [3.05, 3.63) is 59.5 Å². The summed E-state index contributed by atoms with van der Waals surface area (Å²) in [7, 11) is 4.17. The van der Waals surface area contributed by atoms with E-state index in [2.05, 4.69) is 53.1 Å². The van der Waals surface area contributed by atoms with E-state index in [-0.39, 0.29) is 5.91 Å². The first kappa shape index (κ1) is 21.1. The maximum Gasteiger partial charge on any atom is 0.257 e. The minimum absolute atomic E-state index is 0.108. The largest absolute Gasteiger partial charge is 0.472 e. The summed E-state index contributed by atoms with van der Waals surface area (Å²) < 4.78 is 5.15. The third kappa shape index (κ3) is 5.13. The molecule has 1 fully saturated rings. The van der Waals surface area contributed by atoms with Gasteiger partial charge in [0.05, 0.1) is 11.8 Å². The standard InChI is InChI=1S/C25H35N3O2/c1-26(2)11-5-12-28(25(29)23-10-15-30-19-23)18-20-8-13-27(14-9-20)24-16-21-6-3-4-7-22(21)17-24/h3-4,6-7,10,15,19-20,24H,5,8-9,11-14,16-18H2,1-2H3. The zero-order chi connectivity index (χ0) is 20.9. The number of nitrogens with zero attached hydrogens (tertiary/aromatic N) is 3. The first-order valence-corrected chi connectivity index (χ1v) is 11.4. The molecule has 1 aromatic heterocycles. The molecule has 0 bridgehead atoms. The number of rotatable bonds is 8. The third-order valence-electron chi connectivity index (χ3n) is 6.76. The molecule has 1 aromatic carbocycles. The van der Waals surface area contributed by atoms with Crippen LogP contribution in [0.15, 0.2) is 47.3 Å². The van der Waals surface area contributed by atoms with Gasteiger partial charge >= 0.3 is 0 Å². The quantitative estimate of drug-likeness (QED) is 0.668.